The molecule has 0 aromatic heterocycles. The van der Waals surface area contributed by atoms with Gasteiger partial charge in [0.15, 0.2) is 0 Å². The molecule has 14 heavy (non-hydrogen) atoms. The molecule has 0 saturated carbocycles. The molecule has 0 bridgehead atoms. The Labute approximate surface area is 84.1 Å². The molecule has 0 heterocycles. The Balaban J connectivity index is 2.28. The maximum absolute atomic E-state index is 12.6. The molecule has 1 aromatic carbocycles. The number of hydrogen-bond acceptors (Lipinski definition) is 2. The number of hydrogen-bond donors (Lipinski definition) is 1. The molecule has 1 unspecified atom stereocenters. The molecule has 0 radical (unpaired) electrons. The van der Waals surface area contributed by atoms with Gasteiger partial charge in [-0.1, -0.05) is 12.1 Å². The van der Waals surface area contributed by atoms with Crippen molar-refractivity contribution >= 4 is 0 Å². The Morgan fingerprint density at radius 2 is 2.00 bits per heavy atom. The molecule has 0 aliphatic heterocycles. The van der Waals surface area contributed by atoms with Gasteiger partial charge in [0.2, 0.25) is 0 Å². The van der Waals surface area contributed by atoms with Crippen molar-refractivity contribution in [2.24, 2.45) is 0 Å². The third kappa shape index (κ3) is 3.85. The van der Waals surface area contributed by atoms with Crippen LogP contribution in [-0.4, -0.2) is 19.8 Å². The van der Waals surface area contributed by atoms with Gasteiger partial charge in [0, 0.05) is 20.2 Å². The average molecular weight is 197 g/mol. The van der Waals surface area contributed by atoms with E-state index in [2.05, 4.69) is 5.32 Å². The number of methoxy groups -OCH3 is 1. The lowest BCUT2D eigenvalue weighted by atomic mass is 10.2. The summed E-state index contributed by atoms with van der Waals surface area (Å²) in [6, 6.07) is 6.49. The minimum atomic E-state index is -0.195. The van der Waals surface area contributed by atoms with E-state index in [9.17, 15) is 4.39 Å². The molecule has 1 rings (SSSR count). The zero-order valence-corrected chi connectivity index (χ0v) is 8.59. The fourth-order valence-corrected chi connectivity index (χ4v) is 1.11. The molecular formula is C11H16FNO. The van der Waals surface area contributed by atoms with Crippen LogP contribution in [0.5, 0.6) is 0 Å². The normalized spacial score (nSPS) is 12.8. The third-order valence-corrected chi connectivity index (χ3v) is 2.08. The van der Waals surface area contributed by atoms with Crippen LogP contribution in [0.3, 0.4) is 0 Å². The average Bonchev–Trinajstić information content (AvgIpc) is 2.21. The van der Waals surface area contributed by atoms with E-state index in [1.165, 1.54) is 12.1 Å². The minimum Gasteiger partial charge on any atom is -0.380 e. The topological polar surface area (TPSA) is 21.3 Å². The Morgan fingerprint density at radius 1 is 1.36 bits per heavy atom. The Morgan fingerprint density at radius 3 is 2.57 bits per heavy atom. The van der Waals surface area contributed by atoms with Gasteiger partial charge in [0.05, 0.1) is 6.10 Å². The van der Waals surface area contributed by atoms with E-state index in [0.717, 1.165) is 18.7 Å². The predicted molar refractivity (Wildman–Crippen MR) is 54.6 cm³/mol. The van der Waals surface area contributed by atoms with Crippen LogP contribution in [0.15, 0.2) is 24.3 Å². The number of nitrogens with one attached hydrogen (secondary N) is 1. The highest BCUT2D eigenvalue weighted by atomic mass is 19.1. The summed E-state index contributed by atoms with van der Waals surface area (Å²) in [6.45, 7) is 3.54. The van der Waals surface area contributed by atoms with Crippen LogP contribution >= 0.6 is 0 Å². The second-order valence-electron chi connectivity index (χ2n) is 3.30. The summed E-state index contributed by atoms with van der Waals surface area (Å²) < 4.78 is 17.6. The zero-order chi connectivity index (χ0) is 10.4. The van der Waals surface area contributed by atoms with E-state index in [4.69, 9.17) is 4.74 Å². The largest absolute Gasteiger partial charge is 0.380 e. The maximum Gasteiger partial charge on any atom is 0.123 e. The van der Waals surface area contributed by atoms with E-state index in [-0.39, 0.29) is 11.9 Å². The van der Waals surface area contributed by atoms with Crippen molar-refractivity contribution in [2.75, 3.05) is 13.7 Å². The number of ether oxygens (including phenoxy) is 1. The van der Waals surface area contributed by atoms with E-state index >= 15 is 0 Å². The van der Waals surface area contributed by atoms with Gasteiger partial charge in [0.1, 0.15) is 5.82 Å². The Hall–Kier alpha value is -0.930. The Kier molecular flexibility index (Phi) is 4.56. The van der Waals surface area contributed by atoms with Gasteiger partial charge in [0.25, 0.3) is 0 Å². The van der Waals surface area contributed by atoms with Crippen LogP contribution in [0.4, 0.5) is 4.39 Å². The van der Waals surface area contributed by atoms with Crippen molar-refractivity contribution in [3.8, 4) is 0 Å². The van der Waals surface area contributed by atoms with Gasteiger partial charge < -0.3 is 10.1 Å². The first-order valence-electron chi connectivity index (χ1n) is 4.70. The van der Waals surface area contributed by atoms with Crippen molar-refractivity contribution in [1.29, 1.82) is 0 Å². The van der Waals surface area contributed by atoms with Crippen LogP contribution in [0.1, 0.15) is 12.5 Å². The van der Waals surface area contributed by atoms with E-state index < -0.39 is 0 Å². The molecule has 0 saturated heterocycles. The number of rotatable bonds is 5. The van der Waals surface area contributed by atoms with Gasteiger partial charge in [-0.25, -0.2) is 4.39 Å². The molecule has 0 amide bonds. The summed E-state index contributed by atoms with van der Waals surface area (Å²) in [6.07, 6.45) is 0.204. The van der Waals surface area contributed by atoms with Crippen molar-refractivity contribution in [3.05, 3.63) is 35.6 Å². The van der Waals surface area contributed by atoms with Gasteiger partial charge in [-0.2, -0.15) is 0 Å². The smallest absolute Gasteiger partial charge is 0.123 e. The molecule has 78 valence electrons. The molecule has 0 aliphatic carbocycles. The van der Waals surface area contributed by atoms with Crippen LogP contribution in [-0.2, 0) is 11.3 Å². The minimum absolute atomic E-state index is 0.195. The molecular weight excluding hydrogens is 181 g/mol. The number of benzene rings is 1. The quantitative estimate of drug-likeness (QED) is 0.779. The second-order valence-corrected chi connectivity index (χ2v) is 3.30. The van der Waals surface area contributed by atoms with Crippen molar-refractivity contribution in [1.82, 2.24) is 5.32 Å². The van der Waals surface area contributed by atoms with Crippen molar-refractivity contribution in [2.45, 2.75) is 19.6 Å². The van der Waals surface area contributed by atoms with E-state index in [1.807, 2.05) is 6.92 Å². The monoisotopic (exact) mass is 197 g/mol. The second kappa shape index (κ2) is 5.73. The van der Waals surface area contributed by atoms with Crippen LogP contribution in [0.2, 0.25) is 0 Å². The molecule has 3 heteroatoms. The first-order chi connectivity index (χ1) is 6.72. The molecule has 1 atom stereocenters. The zero-order valence-electron chi connectivity index (χ0n) is 8.59. The standard InChI is InChI=1S/C11H16FNO/c1-9(14-2)7-13-8-10-3-5-11(12)6-4-10/h3-6,9,13H,7-8H2,1-2H3. The maximum atomic E-state index is 12.6. The predicted octanol–water partition coefficient (Wildman–Crippen LogP) is 1.95. The summed E-state index contributed by atoms with van der Waals surface area (Å²) in [5.41, 5.74) is 1.08. The first kappa shape index (κ1) is 11.1. The summed E-state index contributed by atoms with van der Waals surface area (Å²) in [4.78, 5) is 0. The van der Waals surface area contributed by atoms with Crippen LogP contribution in [0, 0.1) is 5.82 Å². The van der Waals surface area contributed by atoms with Gasteiger partial charge in [-0.15, -0.1) is 0 Å². The fraction of sp³-hybridized carbons (Fsp3) is 0.455. The van der Waals surface area contributed by atoms with Crippen molar-refractivity contribution < 1.29 is 9.13 Å². The van der Waals surface area contributed by atoms with Crippen LogP contribution in [0.25, 0.3) is 0 Å². The molecule has 0 spiro atoms. The lowest BCUT2D eigenvalue weighted by molar-refractivity contribution is 0.117. The van der Waals surface area contributed by atoms with Crippen LogP contribution < -0.4 is 5.32 Å². The highest BCUT2D eigenvalue weighted by Crippen LogP contribution is 2.01. The van der Waals surface area contributed by atoms with Crippen molar-refractivity contribution in [3.63, 3.8) is 0 Å². The van der Waals surface area contributed by atoms with Gasteiger partial charge in [-0.3, -0.25) is 0 Å². The highest BCUT2D eigenvalue weighted by molar-refractivity contribution is 5.15. The molecule has 1 aromatic rings. The Bertz CT molecular complexity index is 260. The number of halogens is 1. The molecule has 1 N–H and O–H groups in total. The summed E-state index contributed by atoms with van der Waals surface area (Å²) >= 11 is 0. The van der Waals surface area contributed by atoms with Gasteiger partial charge in [-0.05, 0) is 24.6 Å². The lowest BCUT2D eigenvalue weighted by Crippen LogP contribution is -2.25. The van der Waals surface area contributed by atoms with E-state index in [0.29, 0.717) is 0 Å². The summed E-state index contributed by atoms with van der Waals surface area (Å²) in [5.74, 6) is -0.195. The highest BCUT2D eigenvalue weighted by Gasteiger charge is 1.98. The molecule has 0 aliphatic rings. The summed E-state index contributed by atoms with van der Waals surface area (Å²) in [5, 5.41) is 3.22. The lowest BCUT2D eigenvalue weighted by Gasteiger charge is -2.10. The SMILES string of the molecule is COC(C)CNCc1ccc(F)cc1. The molecule has 0 fully saturated rings. The fourth-order valence-electron chi connectivity index (χ4n) is 1.11. The van der Waals surface area contributed by atoms with Gasteiger partial charge >= 0.3 is 0 Å². The first-order valence-corrected chi connectivity index (χ1v) is 4.70. The van der Waals surface area contributed by atoms with E-state index in [1.54, 1.807) is 19.2 Å². The third-order valence-electron chi connectivity index (χ3n) is 2.08. The molecule has 2 nitrogen and oxygen atoms in total. The summed E-state index contributed by atoms with van der Waals surface area (Å²) in [7, 11) is 1.68.